The third-order valence-electron chi connectivity index (χ3n) is 3.56. The van der Waals surface area contributed by atoms with Crippen molar-refractivity contribution >= 4 is 48.9 Å². The molecule has 0 spiro atoms. The van der Waals surface area contributed by atoms with Crippen molar-refractivity contribution in [3.05, 3.63) is 27.5 Å². The van der Waals surface area contributed by atoms with Crippen molar-refractivity contribution in [1.29, 1.82) is 0 Å². The Labute approximate surface area is 136 Å². The van der Waals surface area contributed by atoms with E-state index in [2.05, 4.69) is 26.6 Å². The van der Waals surface area contributed by atoms with Crippen molar-refractivity contribution in [2.24, 2.45) is 0 Å². The average Bonchev–Trinajstić information content (AvgIpc) is 3.22. The highest BCUT2D eigenvalue weighted by Gasteiger charge is 2.20. The number of carbonyl (C=O) groups is 1. The lowest BCUT2D eigenvalue weighted by atomic mass is 10.2. The number of nitrogens with two attached hydrogens (primary N) is 1. The van der Waals surface area contributed by atoms with Crippen LogP contribution in [0.1, 0.15) is 28.9 Å². The zero-order chi connectivity index (χ0) is 14.8. The molecule has 1 fully saturated rings. The number of amides is 1. The second kappa shape index (κ2) is 6.34. The zero-order valence-electron chi connectivity index (χ0n) is 11.6. The van der Waals surface area contributed by atoms with Gasteiger partial charge in [-0.05, 0) is 37.9 Å². The quantitative estimate of drug-likeness (QED) is 0.687. The third-order valence-corrected chi connectivity index (χ3v) is 5.39. The molecule has 1 heterocycles. The highest BCUT2D eigenvalue weighted by Crippen LogP contribution is 2.37. The van der Waals surface area contributed by atoms with Crippen molar-refractivity contribution in [3.63, 3.8) is 0 Å². The maximum Gasteiger partial charge on any atom is 0.263 e. The molecule has 6 heteroatoms. The van der Waals surface area contributed by atoms with E-state index in [1.807, 2.05) is 18.2 Å². The molecule has 112 valence electrons. The monoisotopic (exact) mass is 367 g/mol. The van der Waals surface area contributed by atoms with Gasteiger partial charge in [0.2, 0.25) is 0 Å². The highest BCUT2D eigenvalue weighted by molar-refractivity contribution is 9.10. The first-order valence-corrected chi connectivity index (χ1v) is 8.76. The molecule has 0 unspecified atom stereocenters. The Morgan fingerprint density at radius 1 is 1.38 bits per heavy atom. The van der Waals surface area contributed by atoms with Gasteiger partial charge in [-0.3, -0.25) is 4.79 Å². The van der Waals surface area contributed by atoms with Crippen LogP contribution in [0.15, 0.2) is 22.7 Å². The zero-order valence-corrected chi connectivity index (χ0v) is 14.0. The van der Waals surface area contributed by atoms with Gasteiger partial charge in [0.15, 0.2) is 0 Å². The van der Waals surface area contributed by atoms with E-state index in [1.165, 1.54) is 24.2 Å². The van der Waals surface area contributed by atoms with Crippen LogP contribution in [0.5, 0.6) is 0 Å². The summed E-state index contributed by atoms with van der Waals surface area (Å²) in [4.78, 5) is 12.8. The first kappa shape index (κ1) is 14.8. The van der Waals surface area contributed by atoms with E-state index in [9.17, 15) is 4.79 Å². The Bertz CT molecular complexity index is 666. The number of nitrogen functional groups attached to an aromatic ring is 1. The molecule has 1 saturated carbocycles. The molecule has 0 aliphatic heterocycles. The van der Waals surface area contributed by atoms with Gasteiger partial charge in [-0.1, -0.05) is 22.0 Å². The molecule has 0 saturated heterocycles. The van der Waals surface area contributed by atoms with E-state index < -0.39 is 0 Å². The van der Waals surface area contributed by atoms with Crippen LogP contribution in [0, 0.1) is 0 Å². The summed E-state index contributed by atoms with van der Waals surface area (Å²) in [5.74, 6) is -0.0768. The van der Waals surface area contributed by atoms with Gasteiger partial charge >= 0.3 is 0 Å². The molecule has 0 radical (unpaired) electrons. The molecule has 21 heavy (non-hydrogen) atoms. The Morgan fingerprint density at radius 2 is 2.19 bits per heavy atom. The third kappa shape index (κ3) is 3.39. The van der Waals surface area contributed by atoms with Crippen LogP contribution < -0.4 is 16.4 Å². The molecule has 3 rings (SSSR count). The van der Waals surface area contributed by atoms with E-state index in [0.29, 0.717) is 17.1 Å². The highest BCUT2D eigenvalue weighted by atomic mass is 79.9. The molecule has 1 aliphatic rings. The maximum absolute atomic E-state index is 12.2. The number of nitrogens with one attached hydrogen (secondary N) is 2. The Balaban J connectivity index is 1.61. The van der Waals surface area contributed by atoms with Crippen LogP contribution in [-0.4, -0.2) is 25.0 Å². The van der Waals surface area contributed by atoms with Gasteiger partial charge in [0.25, 0.3) is 5.91 Å². The van der Waals surface area contributed by atoms with Crippen molar-refractivity contribution in [3.8, 4) is 0 Å². The number of thiophene rings is 1. The van der Waals surface area contributed by atoms with Crippen LogP contribution in [0.4, 0.5) is 5.69 Å². The van der Waals surface area contributed by atoms with Crippen molar-refractivity contribution in [1.82, 2.24) is 10.6 Å². The van der Waals surface area contributed by atoms with Crippen LogP contribution in [0.3, 0.4) is 0 Å². The van der Waals surface area contributed by atoms with Gasteiger partial charge in [-0.15, -0.1) is 11.3 Å². The van der Waals surface area contributed by atoms with E-state index in [1.54, 1.807) is 0 Å². The molecular weight excluding hydrogens is 350 g/mol. The number of anilines is 1. The molecular formula is C15H18BrN3OS. The number of hydrogen-bond donors (Lipinski definition) is 3. The van der Waals surface area contributed by atoms with Gasteiger partial charge in [-0.2, -0.15) is 0 Å². The molecule has 4 N–H and O–H groups in total. The lowest BCUT2D eigenvalue weighted by Gasteiger charge is -2.05. The smallest absolute Gasteiger partial charge is 0.263 e. The topological polar surface area (TPSA) is 67.2 Å². The van der Waals surface area contributed by atoms with Crippen LogP contribution >= 0.6 is 27.3 Å². The average molecular weight is 368 g/mol. The Hall–Kier alpha value is -1.11. The van der Waals surface area contributed by atoms with Gasteiger partial charge in [-0.25, -0.2) is 0 Å². The number of carbonyl (C=O) groups excluding carboxylic acids is 1. The predicted octanol–water partition coefficient (Wildman–Crippen LogP) is 3.12. The fourth-order valence-electron chi connectivity index (χ4n) is 2.26. The van der Waals surface area contributed by atoms with Crippen molar-refractivity contribution < 1.29 is 4.79 Å². The Kier molecular flexibility index (Phi) is 4.47. The minimum Gasteiger partial charge on any atom is -0.397 e. The summed E-state index contributed by atoms with van der Waals surface area (Å²) in [5, 5.41) is 7.31. The first-order chi connectivity index (χ1) is 10.2. The lowest BCUT2D eigenvalue weighted by molar-refractivity contribution is 0.0958. The fourth-order valence-corrected chi connectivity index (χ4v) is 4.04. The lowest BCUT2D eigenvalue weighted by Crippen LogP contribution is -2.27. The van der Waals surface area contributed by atoms with E-state index in [0.717, 1.165) is 33.6 Å². The van der Waals surface area contributed by atoms with Crippen LogP contribution in [0.25, 0.3) is 10.1 Å². The number of benzene rings is 1. The second-order valence-corrected chi connectivity index (χ2v) is 7.20. The minimum absolute atomic E-state index is 0.0768. The van der Waals surface area contributed by atoms with Crippen LogP contribution in [0.2, 0.25) is 0 Å². The first-order valence-electron chi connectivity index (χ1n) is 7.15. The molecule has 1 aliphatic carbocycles. The van der Waals surface area contributed by atoms with E-state index >= 15 is 0 Å². The van der Waals surface area contributed by atoms with E-state index in [4.69, 9.17) is 5.73 Å². The SMILES string of the molecule is Nc1c(C(=O)NCCCNC2CC2)sc2cccc(Br)c12. The van der Waals surface area contributed by atoms with Gasteiger partial charge in [0.05, 0.1) is 5.69 Å². The predicted molar refractivity (Wildman–Crippen MR) is 91.9 cm³/mol. The molecule has 0 bridgehead atoms. The molecule has 1 aromatic carbocycles. The molecule has 4 nitrogen and oxygen atoms in total. The largest absolute Gasteiger partial charge is 0.397 e. The summed E-state index contributed by atoms with van der Waals surface area (Å²) in [6, 6.07) is 6.60. The summed E-state index contributed by atoms with van der Waals surface area (Å²) in [7, 11) is 0. The molecule has 1 amide bonds. The molecule has 0 atom stereocenters. The maximum atomic E-state index is 12.2. The van der Waals surface area contributed by atoms with Gasteiger partial charge in [0.1, 0.15) is 4.88 Å². The summed E-state index contributed by atoms with van der Waals surface area (Å²) >= 11 is 4.93. The van der Waals surface area contributed by atoms with Gasteiger partial charge in [0, 0.05) is 27.1 Å². The Morgan fingerprint density at radius 3 is 2.90 bits per heavy atom. The van der Waals surface area contributed by atoms with Crippen molar-refractivity contribution in [2.45, 2.75) is 25.3 Å². The number of rotatable bonds is 6. The normalized spacial score (nSPS) is 14.5. The van der Waals surface area contributed by atoms with E-state index in [-0.39, 0.29) is 5.91 Å². The number of fused-ring (bicyclic) bond motifs is 1. The van der Waals surface area contributed by atoms with Crippen molar-refractivity contribution in [2.75, 3.05) is 18.8 Å². The summed E-state index contributed by atoms with van der Waals surface area (Å²) in [6.07, 6.45) is 3.52. The van der Waals surface area contributed by atoms with Gasteiger partial charge < -0.3 is 16.4 Å². The fraction of sp³-hybridized carbons (Fsp3) is 0.400. The molecule has 2 aromatic rings. The minimum atomic E-state index is -0.0768. The number of halogens is 1. The summed E-state index contributed by atoms with van der Waals surface area (Å²) in [6.45, 7) is 1.63. The number of hydrogen-bond acceptors (Lipinski definition) is 4. The second-order valence-electron chi connectivity index (χ2n) is 5.30. The summed E-state index contributed by atoms with van der Waals surface area (Å²) in [5.41, 5.74) is 6.69. The summed E-state index contributed by atoms with van der Waals surface area (Å²) < 4.78 is 1.96. The standard InChI is InChI=1S/C15H18BrN3OS/c16-10-3-1-4-11-12(10)13(17)14(21-11)15(20)19-8-2-7-18-9-5-6-9/h1,3-4,9,18H,2,5-8,17H2,(H,19,20). The van der Waals surface area contributed by atoms with Crippen LogP contribution in [-0.2, 0) is 0 Å². The molecule has 1 aromatic heterocycles.